The molecule has 0 unspecified atom stereocenters. The number of pyridine rings is 1. The van der Waals surface area contributed by atoms with Gasteiger partial charge in [-0.25, -0.2) is 14.4 Å². The molecule has 0 spiro atoms. The summed E-state index contributed by atoms with van der Waals surface area (Å²) in [7, 11) is 0. The molecule has 1 aliphatic rings. The zero-order valence-electron chi connectivity index (χ0n) is 16.0. The van der Waals surface area contributed by atoms with Gasteiger partial charge in [0.15, 0.2) is 11.6 Å². The number of ether oxygens (including phenoxy) is 1. The fraction of sp³-hybridized carbons (Fsp3) is 0.250. The van der Waals surface area contributed by atoms with Gasteiger partial charge in [-0.15, -0.1) is 11.3 Å². The van der Waals surface area contributed by atoms with Crippen molar-refractivity contribution in [3.05, 3.63) is 53.3 Å². The summed E-state index contributed by atoms with van der Waals surface area (Å²) in [6, 6.07) is 8.06. The Hall–Kier alpha value is -3.08. The SMILES string of the molecule is NC(=O)c1cc(F)c(N[C@@H]2CCOC[C@@H]2N)nc1Nc1cccc(-c2nccs2)c1. The minimum atomic E-state index is -0.783. The van der Waals surface area contributed by atoms with E-state index in [1.54, 1.807) is 6.20 Å². The average Bonchev–Trinajstić information content (AvgIpc) is 3.27. The smallest absolute Gasteiger partial charge is 0.252 e. The summed E-state index contributed by atoms with van der Waals surface area (Å²) in [5.41, 5.74) is 13.0. The van der Waals surface area contributed by atoms with Gasteiger partial charge in [-0.3, -0.25) is 4.79 Å². The van der Waals surface area contributed by atoms with Gasteiger partial charge >= 0.3 is 0 Å². The van der Waals surface area contributed by atoms with Gasteiger partial charge in [-0.05, 0) is 24.6 Å². The first kappa shape index (κ1) is 20.2. The molecule has 156 valence electrons. The van der Waals surface area contributed by atoms with E-state index in [0.717, 1.165) is 16.6 Å². The Morgan fingerprint density at radius 1 is 1.30 bits per heavy atom. The van der Waals surface area contributed by atoms with E-state index in [1.165, 1.54) is 11.3 Å². The first-order chi connectivity index (χ1) is 14.5. The average molecular weight is 428 g/mol. The van der Waals surface area contributed by atoms with Crippen molar-refractivity contribution in [1.29, 1.82) is 0 Å². The summed E-state index contributed by atoms with van der Waals surface area (Å²) in [6.07, 6.45) is 2.35. The maximum Gasteiger partial charge on any atom is 0.252 e. The monoisotopic (exact) mass is 428 g/mol. The van der Waals surface area contributed by atoms with Gasteiger partial charge in [-0.2, -0.15) is 0 Å². The lowest BCUT2D eigenvalue weighted by Crippen LogP contribution is -2.47. The Kier molecular flexibility index (Phi) is 5.88. The van der Waals surface area contributed by atoms with E-state index in [2.05, 4.69) is 20.6 Å². The standard InChI is InChI=1S/C20H21FN6O2S/c21-14-9-13(17(23)28)18(27-19(14)26-16-4-6-29-10-15(16)22)25-12-3-1-2-11(8-12)20-24-5-7-30-20/h1-3,5,7-9,15-16H,4,6,10,22H2,(H2,23,28)(H2,25,26,27)/t15-,16+/m0/s1. The number of amides is 1. The summed E-state index contributed by atoms with van der Waals surface area (Å²) < 4.78 is 19.9. The topological polar surface area (TPSA) is 128 Å². The van der Waals surface area contributed by atoms with Gasteiger partial charge in [0.2, 0.25) is 0 Å². The van der Waals surface area contributed by atoms with Gasteiger partial charge in [0, 0.05) is 41.5 Å². The molecule has 3 aromatic rings. The summed E-state index contributed by atoms with van der Waals surface area (Å²) in [6.45, 7) is 0.911. The molecule has 6 N–H and O–H groups in total. The maximum absolute atomic E-state index is 14.6. The fourth-order valence-electron chi connectivity index (χ4n) is 3.22. The van der Waals surface area contributed by atoms with Crippen LogP contribution in [0, 0.1) is 5.82 Å². The minimum Gasteiger partial charge on any atom is -0.380 e. The van der Waals surface area contributed by atoms with Gasteiger partial charge < -0.3 is 26.8 Å². The molecule has 30 heavy (non-hydrogen) atoms. The number of nitrogens with two attached hydrogens (primary N) is 2. The number of hydrogen-bond donors (Lipinski definition) is 4. The first-order valence-electron chi connectivity index (χ1n) is 9.38. The van der Waals surface area contributed by atoms with E-state index in [0.29, 0.717) is 25.3 Å². The maximum atomic E-state index is 14.6. The molecule has 1 aromatic carbocycles. The van der Waals surface area contributed by atoms with E-state index >= 15 is 0 Å². The normalized spacial score (nSPS) is 18.7. The lowest BCUT2D eigenvalue weighted by atomic mass is 10.0. The molecule has 4 rings (SSSR count). The van der Waals surface area contributed by atoms with Crippen molar-refractivity contribution < 1.29 is 13.9 Å². The molecule has 0 bridgehead atoms. The van der Waals surface area contributed by atoms with E-state index < -0.39 is 11.7 Å². The van der Waals surface area contributed by atoms with Crippen molar-refractivity contribution in [2.24, 2.45) is 11.5 Å². The minimum absolute atomic E-state index is 0.000859. The molecule has 0 saturated carbocycles. The van der Waals surface area contributed by atoms with Crippen LogP contribution in [0.1, 0.15) is 16.8 Å². The van der Waals surface area contributed by atoms with Crippen LogP contribution < -0.4 is 22.1 Å². The highest BCUT2D eigenvalue weighted by atomic mass is 32.1. The Labute approximate surface area is 176 Å². The summed E-state index contributed by atoms with van der Waals surface area (Å²) in [5.74, 6) is -1.30. The van der Waals surface area contributed by atoms with E-state index in [4.69, 9.17) is 16.2 Å². The van der Waals surface area contributed by atoms with E-state index in [9.17, 15) is 9.18 Å². The second-order valence-electron chi connectivity index (χ2n) is 6.90. The van der Waals surface area contributed by atoms with Crippen LogP contribution in [-0.2, 0) is 4.74 Å². The number of hydrogen-bond acceptors (Lipinski definition) is 8. The number of nitrogens with one attached hydrogen (secondary N) is 2. The molecule has 1 amide bonds. The number of rotatable bonds is 6. The van der Waals surface area contributed by atoms with Crippen molar-refractivity contribution in [3.8, 4) is 10.6 Å². The zero-order valence-corrected chi connectivity index (χ0v) is 16.8. The van der Waals surface area contributed by atoms with Crippen molar-refractivity contribution in [2.75, 3.05) is 23.8 Å². The van der Waals surface area contributed by atoms with Crippen molar-refractivity contribution in [1.82, 2.24) is 9.97 Å². The molecule has 0 aliphatic carbocycles. The highest BCUT2D eigenvalue weighted by Gasteiger charge is 2.25. The second-order valence-corrected chi connectivity index (χ2v) is 7.80. The number of thiazole rings is 1. The number of primary amides is 1. The van der Waals surface area contributed by atoms with Crippen LogP contribution in [0.4, 0.5) is 21.7 Å². The Morgan fingerprint density at radius 2 is 2.17 bits per heavy atom. The number of carbonyl (C=O) groups excluding carboxylic acids is 1. The highest BCUT2D eigenvalue weighted by molar-refractivity contribution is 7.13. The fourth-order valence-corrected chi connectivity index (χ4v) is 3.86. The molecular weight excluding hydrogens is 407 g/mol. The number of aromatic nitrogens is 2. The predicted molar refractivity (Wildman–Crippen MR) is 114 cm³/mol. The molecule has 2 atom stereocenters. The second kappa shape index (κ2) is 8.74. The molecular formula is C20H21FN6O2S. The predicted octanol–water partition coefficient (Wildman–Crippen LogP) is 2.71. The largest absolute Gasteiger partial charge is 0.380 e. The lowest BCUT2D eigenvalue weighted by molar-refractivity contribution is 0.0751. The molecule has 0 radical (unpaired) electrons. The molecule has 10 heteroatoms. The first-order valence-corrected chi connectivity index (χ1v) is 10.3. The van der Waals surface area contributed by atoms with Gasteiger partial charge in [-0.1, -0.05) is 12.1 Å². The zero-order chi connectivity index (χ0) is 21.1. The van der Waals surface area contributed by atoms with Gasteiger partial charge in [0.1, 0.15) is 10.8 Å². The number of benzene rings is 1. The van der Waals surface area contributed by atoms with Crippen LogP contribution in [0.5, 0.6) is 0 Å². The molecule has 1 aliphatic heterocycles. The van der Waals surface area contributed by atoms with Gasteiger partial charge in [0.25, 0.3) is 5.91 Å². The Balaban J connectivity index is 1.64. The third-order valence-corrected chi connectivity index (χ3v) is 5.59. The van der Waals surface area contributed by atoms with Crippen molar-refractivity contribution in [3.63, 3.8) is 0 Å². The van der Waals surface area contributed by atoms with E-state index in [1.807, 2.05) is 29.6 Å². The molecule has 2 aromatic heterocycles. The summed E-state index contributed by atoms with van der Waals surface area (Å²) in [5, 5.41) is 8.86. The summed E-state index contributed by atoms with van der Waals surface area (Å²) >= 11 is 1.51. The lowest BCUT2D eigenvalue weighted by Gasteiger charge is -2.30. The molecule has 3 heterocycles. The van der Waals surface area contributed by atoms with Crippen LogP contribution in [0.25, 0.3) is 10.6 Å². The highest BCUT2D eigenvalue weighted by Crippen LogP contribution is 2.28. The summed E-state index contributed by atoms with van der Waals surface area (Å²) in [4.78, 5) is 20.5. The van der Waals surface area contributed by atoms with Crippen LogP contribution in [0.2, 0.25) is 0 Å². The third-order valence-electron chi connectivity index (χ3n) is 4.77. The van der Waals surface area contributed by atoms with Crippen LogP contribution in [-0.4, -0.2) is 41.2 Å². The van der Waals surface area contributed by atoms with Crippen LogP contribution in [0.3, 0.4) is 0 Å². The number of anilines is 3. The molecule has 8 nitrogen and oxygen atoms in total. The quantitative estimate of drug-likeness (QED) is 0.475. The van der Waals surface area contributed by atoms with Crippen molar-refractivity contribution >= 4 is 34.6 Å². The number of halogens is 1. The molecule has 1 fully saturated rings. The Morgan fingerprint density at radius 3 is 2.90 bits per heavy atom. The number of carbonyl (C=O) groups is 1. The third kappa shape index (κ3) is 4.40. The number of nitrogens with zero attached hydrogens (tertiary/aromatic N) is 2. The van der Waals surface area contributed by atoms with E-state index in [-0.39, 0.29) is 29.3 Å². The van der Waals surface area contributed by atoms with Crippen molar-refractivity contribution in [2.45, 2.75) is 18.5 Å². The Bertz CT molecular complexity index is 1050. The van der Waals surface area contributed by atoms with Gasteiger partial charge in [0.05, 0.1) is 12.2 Å². The van der Waals surface area contributed by atoms with Crippen LogP contribution >= 0.6 is 11.3 Å². The van der Waals surface area contributed by atoms with Crippen LogP contribution in [0.15, 0.2) is 41.9 Å². The molecule has 1 saturated heterocycles.